The summed E-state index contributed by atoms with van der Waals surface area (Å²) in [5.41, 5.74) is 5.58. The molecule has 110 valence electrons. The van der Waals surface area contributed by atoms with Crippen LogP contribution in [0.25, 0.3) is 0 Å². The third kappa shape index (κ3) is 5.19. The van der Waals surface area contributed by atoms with Crippen molar-refractivity contribution in [3.8, 4) is 0 Å². The highest BCUT2D eigenvalue weighted by Gasteiger charge is 2.30. The SMILES string of the molecule is Cc1ccc(S(=O)(=O)NCC(F)(F)CN)c(Cl)c1.Cl. The number of halogens is 4. The molecular weight excluding hydrogens is 321 g/mol. The molecule has 0 bridgehead atoms. The van der Waals surface area contributed by atoms with Gasteiger partial charge in [-0.2, -0.15) is 0 Å². The summed E-state index contributed by atoms with van der Waals surface area (Å²) in [5, 5.41) is -0.0152. The summed E-state index contributed by atoms with van der Waals surface area (Å²) >= 11 is 5.77. The van der Waals surface area contributed by atoms with Gasteiger partial charge in [0.25, 0.3) is 5.92 Å². The second kappa shape index (κ2) is 6.81. The van der Waals surface area contributed by atoms with E-state index in [2.05, 4.69) is 0 Å². The van der Waals surface area contributed by atoms with E-state index in [1.165, 1.54) is 18.2 Å². The maximum atomic E-state index is 12.9. The van der Waals surface area contributed by atoms with Gasteiger partial charge in [0, 0.05) is 0 Å². The van der Waals surface area contributed by atoms with E-state index in [-0.39, 0.29) is 22.3 Å². The molecule has 0 radical (unpaired) electrons. The molecule has 1 aromatic rings. The van der Waals surface area contributed by atoms with Gasteiger partial charge >= 0.3 is 0 Å². The largest absolute Gasteiger partial charge is 0.325 e. The number of rotatable bonds is 5. The topological polar surface area (TPSA) is 72.2 Å². The van der Waals surface area contributed by atoms with Crippen molar-refractivity contribution >= 4 is 34.0 Å². The van der Waals surface area contributed by atoms with Crippen LogP contribution in [0.1, 0.15) is 5.56 Å². The van der Waals surface area contributed by atoms with Gasteiger partial charge in [-0.3, -0.25) is 0 Å². The van der Waals surface area contributed by atoms with Crippen molar-refractivity contribution in [2.24, 2.45) is 5.73 Å². The monoisotopic (exact) mass is 334 g/mol. The van der Waals surface area contributed by atoms with Crippen LogP contribution in [0.4, 0.5) is 8.78 Å². The molecule has 19 heavy (non-hydrogen) atoms. The highest BCUT2D eigenvalue weighted by molar-refractivity contribution is 7.89. The summed E-state index contributed by atoms with van der Waals surface area (Å²) < 4.78 is 51.1. The van der Waals surface area contributed by atoms with Crippen LogP contribution < -0.4 is 10.5 Å². The Labute approximate surface area is 121 Å². The van der Waals surface area contributed by atoms with E-state index in [1.807, 2.05) is 0 Å². The standard InChI is InChI=1S/C10H13ClF2N2O2S.ClH/c1-7-2-3-9(8(11)4-7)18(16,17)15-6-10(12,13)5-14;/h2-4,15H,5-6,14H2,1H3;1H. The van der Waals surface area contributed by atoms with Gasteiger partial charge in [0.15, 0.2) is 0 Å². The molecule has 0 saturated carbocycles. The molecule has 0 fully saturated rings. The van der Waals surface area contributed by atoms with Crippen molar-refractivity contribution in [3.63, 3.8) is 0 Å². The number of nitrogens with two attached hydrogens (primary N) is 1. The third-order valence-corrected chi connectivity index (χ3v) is 4.08. The van der Waals surface area contributed by atoms with Crippen LogP contribution in [-0.4, -0.2) is 27.4 Å². The van der Waals surface area contributed by atoms with Gasteiger partial charge < -0.3 is 5.73 Å². The fourth-order valence-electron chi connectivity index (χ4n) is 1.17. The number of nitrogens with one attached hydrogen (secondary N) is 1. The second-order valence-electron chi connectivity index (χ2n) is 3.82. The zero-order valence-electron chi connectivity index (χ0n) is 9.99. The third-order valence-electron chi connectivity index (χ3n) is 2.20. The Morgan fingerprint density at radius 1 is 1.42 bits per heavy atom. The van der Waals surface area contributed by atoms with Gasteiger partial charge in [-0.1, -0.05) is 17.7 Å². The molecule has 0 amide bonds. The van der Waals surface area contributed by atoms with E-state index in [4.69, 9.17) is 17.3 Å². The number of sulfonamides is 1. The second-order valence-corrected chi connectivity index (χ2v) is 5.96. The lowest BCUT2D eigenvalue weighted by atomic mass is 10.2. The van der Waals surface area contributed by atoms with Crippen LogP contribution in [-0.2, 0) is 10.0 Å². The average molecular weight is 335 g/mol. The quantitative estimate of drug-likeness (QED) is 0.864. The molecule has 3 N–H and O–H groups in total. The van der Waals surface area contributed by atoms with Crippen LogP contribution in [0, 0.1) is 6.92 Å². The number of hydrogen-bond acceptors (Lipinski definition) is 3. The normalized spacial score (nSPS) is 12.1. The van der Waals surface area contributed by atoms with Crippen molar-refractivity contribution in [2.75, 3.05) is 13.1 Å². The molecule has 0 aromatic heterocycles. The van der Waals surface area contributed by atoms with E-state index >= 15 is 0 Å². The van der Waals surface area contributed by atoms with Crippen molar-refractivity contribution < 1.29 is 17.2 Å². The Balaban J connectivity index is 0.00000324. The van der Waals surface area contributed by atoms with Crippen LogP contribution in [0.5, 0.6) is 0 Å². The predicted octanol–water partition coefficient (Wildman–Crippen LogP) is 1.94. The molecule has 1 aromatic carbocycles. The zero-order valence-corrected chi connectivity index (χ0v) is 12.4. The lowest BCUT2D eigenvalue weighted by Crippen LogP contribution is -2.41. The first-order chi connectivity index (χ1) is 8.18. The van der Waals surface area contributed by atoms with Gasteiger partial charge in [0.1, 0.15) is 4.90 Å². The average Bonchev–Trinajstić information content (AvgIpc) is 2.26. The maximum Gasteiger partial charge on any atom is 0.273 e. The minimum absolute atomic E-state index is 0. The Hall–Kier alpha value is -0.470. The van der Waals surface area contributed by atoms with E-state index in [1.54, 1.807) is 11.6 Å². The van der Waals surface area contributed by atoms with Crippen LogP contribution >= 0.6 is 24.0 Å². The molecule has 0 atom stereocenters. The number of alkyl halides is 2. The van der Waals surface area contributed by atoms with Gasteiger partial charge in [-0.05, 0) is 24.6 Å². The van der Waals surface area contributed by atoms with Gasteiger partial charge in [0.05, 0.1) is 18.1 Å². The zero-order chi connectivity index (χ0) is 14.0. The fourth-order valence-corrected chi connectivity index (χ4v) is 2.83. The number of hydrogen-bond donors (Lipinski definition) is 2. The molecular formula is C10H14Cl2F2N2O2S. The Kier molecular flexibility index (Phi) is 6.64. The lowest BCUT2D eigenvalue weighted by Gasteiger charge is -2.15. The van der Waals surface area contributed by atoms with Crippen molar-refractivity contribution in [1.82, 2.24) is 4.72 Å². The molecule has 0 aliphatic carbocycles. The lowest BCUT2D eigenvalue weighted by molar-refractivity contribution is 0.0170. The van der Waals surface area contributed by atoms with E-state index < -0.39 is 29.0 Å². The molecule has 0 unspecified atom stereocenters. The minimum Gasteiger partial charge on any atom is -0.325 e. The first kappa shape index (κ1) is 18.5. The molecule has 0 heterocycles. The molecule has 0 aliphatic heterocycles. The van der Waals surface area contributed by atoms with Crippen LogP contribution in [0.3, 0.4) is 0 Å². The van der Waals surface area contributed by atoms with Gasteiger partial charge in [0.2, 0.25) is 10.0 Å². The first-order valence-corrected chi connectivity index (χ1v) is 6.88. The minimum atomic E-state index is -4.07. The maximum absolute atomic E-state index is 12.9. The van der Waals surface area contributed by atoms with E-state index in [0.717, 1.165) is 5.56 Å². The molecule has 0 spiro atoms. The predicted molar refractivity (Wildman–Crippen MR) is 72.6 cm³/mol. The molecule has 0 saturated heterocycles. The highest BCUT2D eigenvalue weighted by Crippen LogP contribution is 2.22. The molecule has 1 rings (SSSR count). The smallest absolute Gasteiger partial charge is 0.273 e. The Morgan fingerprint density at radius 2 is 2.00 bits per heavy atom. The number of aryl methyl sites for hydroxylation is 1. The highest BCUT2D eigenvalue weighted by atomic mass is 35.5. The van der Waals surface area contributed by atoms with E-state index in [0.29, 0.717) is 0 Å². The fraction of sp³-hybridized carbons (Fsp3) is 0.400. The van der Waals surface area contributed by atoms with E-state index in [9.17, 15) is 17.2 Å². The van der Waals surface area contributed by atoms with Crippen LogP contribution in [0.15, 0.2) is 23.1 Å². The van der Waals surface area contributed by atoms with Crippen molar-refractivity contribution in [3.05, 3.63) is 28.8 Å². The summed E-state index contributed by atoms with van der Waals surface area (Å²) in [5.74, 6) is -3.29. The molecule has 4 nitrogen and oxygen atoms in total. The van der Waals surface area contributed by atoms with Gasteiger partial charge in [-0.15, -0.1) is 12.4 Å². The van der Waals surface area contributed by atoms with Crippen molar-refractivity contribution in [2.45, 2.75) is 17.7 Å². The summed E-state index contributed by atoms with van der Waals surface area (Å²) in [6, 6.07) is 4.24. The summed E-state index contributed by atoms with van der Waals surface area (Å²) in [7, 11) is -4.07. The Morgan fingerprint density at radius 3 is 2.47 bits per heavy atom. The molecule has 0 aliphatic rings. The Bertz CT molecular complexity index is 538. The summed E-state index contributed by atoms with van der Waals surface area (Å²) in [6.07, 6.45) is 0. The van der Waals surface area contributed by atoms with Gasteiger partial charge in [-0.25, -0.2) is 21.9 Å². The van der Waals surface area contributed by atoms with Crippen LogP contribution in [0.2, 0.25) is 5.02 Å². The molecule has 9 heteroatoms. The summed E-state index contributed by atoms with van der Waals surface area (Å²) in [4.78, 5) is -0.234. The number of benzene rings is 1. The van der Waals surface area contributed by atoms with Crippen molar-refractivity contribution in [1.29, 1.82) is 0 Å². The first-order valence-electron chi connectivity index (χ1n) is 5.02. The summed E-state index contributed by atoms with van der Waals surface area (Å²) in [6.45, 7) is -0.258.